The lowest BCUT2D eigenvalue weighted by Gasteiger charge is -2.13. The van der Waals surface area contributed by atoms with Gasteiger partial charge in [0, 0.05) is 12.1 Å². The van der Waals surface area contributed by atoms with Crippen LogP contribution < -0.4 is 10.1 Å². The molecule has 120 valence electrons. The molecule has 0 bridgehead atoms. The molecule has 22 heavy (non-hydrogen) atoms. The Labute approximate surface area is 127 Å². The number of benzene rings is 1. The van der Waals surface area contributed by atoms with E-state index in [1.807, 2.05) is 0 Å². The Morgan fingerprint density at radius 3 is 2.50 bits per heavy atom. The lowest BCUT2D eigenvalue weighted by Crippen LogP contribution is -2.25. The second-order valence-corrected chi connectivity index (χ2v) is 5.19. The minimum absolute atomic E-state index is 0.296. The molecule has 0 aromatic heterocycles. The minimum atomic E-state index is -4.72. The lowest BCUT2D eigenvalue weighted by molar-refractivity contribution is -0.274. The summed E-state index contributed by atoms with van der Waals surface area (Å²) in [5, 5.41) is 2.77. The number of allylic oxidation sites excluding steroid dienone is 1. The Bertz CT molecular complexity index is 535. The maximum Gasteiger partial charge on any atom is 0.573 e. The molecule has 0 fully saturated rings. The van der Waals surface area contributed by atoms with Crippen molar-refractivity contribution in [2.24, 2.45) is 0 Å². The molecule has 0 atom stereocenters. The average Bonchev–Trinajstić information content (AvgIpc) is 2.47. The van der Waals surface area contributed by atoms with Gasteiger partial charge in [-0.25, -0.2) is 0 Å². The van der Waals surface area contributed by atoms with E-state index in [0.717, 1.165) is 31.4 Å². The van der Waals surface area contributed by atoms with E-state index in [-0.39, 0.29) is 11.7 Å². The Kier molecular flexibility index (Phi) is 5.46. The highest BCUT2D eigenvalue weighted by molar-refractivity contribution is 5.94. The van der Waals surface area contributed by atoms with E-state index in [0.29, 0.717) is 12.1 Å². The molecule has 0 aliphatic heterocycles. The maximum absolute atomic E-state index is 12.0. The van der Waals surface area contributed by atoms with Crippen LogP contribution in [0.2, 0.25) is 0 Å². The third kappa shape index (κ3) is 5.42. The molecule has 2 rings (SSSR count). The van der Waals surface area contributed by atoms with Crippen molar-refractivity contribution in [2.75, 3.05) is 6.54 Å². The van der Waals surface area contributed by atoms with Gasteiger partial charge in [0.25, 0.3) is 5.91 Å². The number of amides is 1. The van der Waals surface area contributed by atoms with E-state index in [1.54, 1.807) is 0 Å². The van der Waals surface area contributed by atoms with Gasteiger partial charge in [0.1, 0.15) is 5.75 Å². The molecule has 1 N–H and O–H groups in total. The number of ether oxygens (including phenoxy) is 1. The number of hydrogen-bond donors (Lipinski definition) is 1. The number of halogens is 3. The molecule has 1 aromatic rings. The molecule has 1 amide bonds. The molecule has 0 heterocycles. The van der Waals surface area contributed by atoms with Crippen molar-refractivity contribution in [3.05, 3.63) is 41.5 Å². The van der Waals surface area contributed by atoms with Gasteiger partial charge in [0.2, 0.25) is 0 Å². The summed E-state index contributed by atoms with van der Waals surface area (Å²) in [6, 6.07) is 4.89. The van der Waals surface area contributed by atoms with Crippen LogP contribution in [0.3, 0.4) is 0 Å². The van der Waals surface area contributed by atoms with Crippen LogP contribution in [0.25, 0.3) is 0 Å². The number of carbonyl (C=O) groups excluding carboxylic acids is 1. The summed E-state index contributed by atoms with van der Waals surface area (Å²) in [7, 11) is 0. The summed E-state index contributed by atoms with van der Waals surface area (Å²) in [4.78, 5) is 11.9. The molecule has 0 unspecified atom stereocenters. The van der Waals surface area contributed by atoms with Crippen LogP contribution in [0.5, 0.6) is 5.75 Å². The SMILES string of the molecule is O=C(NCCC1=CCCCC1)c1ccc(OC(F)(F)F)cc1. The van der Waals surface area contributed by atoms with Crippen LogP contribution in [0, 0.1) is 0 Å². The molecule has 6 heteroatoms. The van der Waals surface area contributed by atoms with E-state index in [9.17, 15) is 18.0 Å². The fraction of sp³-hybridized carbons (Fsp3) is 0.438. The monoisotopic (exact) mass is 313 g/mol. The first-order valence-electron chi connectivity index (χ1n) is 7.26. The minimum Gasteiger partial charge on any atom is -0.406 e. The van der Waals surface area contributed by atoms with E-state index in [2.05, 4.69) is 16.1 Å². The van der Waals surface area contributed by atoms with Crippen molar-refractivity contribution < 1.29 is 22.7 Å². The summed E-state index contributed by atoms with van der Waals surface area (Å²) in [6.07, 6.45) is 2.92. The van der Waals surface area contributed by atoms with E-state index < -0.39 is 6.36 Å². The number of hydrogen-bond acceptors (Lipinski definition) is 2. The van der Waals surface area contributed by atoms with Gasteiger partial charge in [-0.3, -0.25) is 4.79 Å². The van der Waals surface area contributed by atoms with Crippen molar-refractivity contribution in [1.29, 1.82) is 0 Å². The van der Waals surface area contributed by atoms with Crippen molar-refractivity contribution in [3.8, 4) is 5.75 Å². The van der Waals surface area contributed by atoms with Gasteiger partial charge in [-0.1, -0.05) is 11.6 Å². The van der Waals surface area contributed by atoms with Crippen molar-refractivity contribution >= 4 is 5.91 Å². The van der Waals surface area contributed by atoms with Crippen LogP contribution in [0.4, 0.5) is 13.2 Å². The second-order valence-electron chi connectivity index (χ2n) is 5.19. The first-order chi connectivity index (χ1) is 10.4. The zero-order chi connectivity index (χ0) is 16.0. The van der Waals surface area contributed by atoms with Gasteiger partial charge in [0.15, 0.2) is 0 Å². The highest BCUT2D eigenvalue weighted by atomic mass is 19.4. The van der Waals surface area contributed by atoms with Crippen molar-refractivity contribution in [3.63, 3.8) is 0 Å². The van der Waals surface area contributed by atoms with Gasteiger partial charge in [-0.15, -0.1) is 13.2 Å². The number of alkyl halides is 3. The molecule has 0 spiro atoms. The average molecular weight is 313 g/mol. The van der Waals surface area contributed by atoms with Crippen LogP contribution in [0.1, 0.15) is 42.5 Å². The zero-order valence-electron chi connectivity index (χ0n) is 12.1. The zero-order valence-corrected chi connectivity index (χ0v) is 12.1. The molecule has 1 aliphatic carbocycles. The quantitative estimate of drug-likeness (QED) is 0.827. The normalized spacial score (nSPS) is 15.1. The Balaban J connectivity index is 1.81. The third-order valence-electron chi connectivity index (χ3n) is 3.47. The highest BCUT2D eigenvalue weighted by Gasteiger charge is 2.31. The van der Waals surface area contributed by atoms with E-state index in [1.165, 1.54) is 30.5 Å². The molecule has 0 saturated carbocycles. The second kappa shape index (κ2) is 7.33. The van der Waals surface area contributed by atoms with Gasteiger partial charge in [-0.2, -0.15) is 0 Å². The predicted octanol–water partition coefficient (Wildman–Crippen LogP) is 4.21. The van der Waals surface area contributed by atoms with E-state index in [4.69, 9.17) is 0 Å². The Hall–Kier alpha value is -1.98. The summed E-state index contributed by atoms with van der Waals surface area (Å²) in [5.74, 6) is -0.633. The largest absolute Gasteiger partial charge is 0.573 e. The summed E-state index contributed by atoms with van der Waals surface area (Å²) < 4.78 is 39.9. The molecule has 1 aliphatic rings. The molecule has 3 nitrogen and oxygen atoms in total. The van der Waals surface area contributed by atoms with Crippen LogP contribution in [-0.4, -0.2) is 18.8 Å². The number of rotatable bonds is 5. The third-order valence-corrected chi connectivity index (χ3v) is 3.47. The van der Waals surface area contributed by atoms with Crippen LogP contribution in [-0.2, 0) is 0 Å². The number of carbonyl (C=O) groups is 1. The number of nitrogens with one attached hydrogen (secondary N) is 1. The van der Waals surface area contributed by atoms with Gasteiger partial charge in [-0.05, 0) is 56.4 Å². The topological polar surface area (TPSA) is 38.3 Å². The fourth-order valence-electron chi connectivity index (χ4n) is 2.38. The molecule has 0 saturated heterocycles. The summed E-state index contributed by atoms with van der Waals surface area (Å²) in [5.41, 5.74) is 1.67. The lowest BCUT2D eigenvalue weighted by atomic mass is 9.97. The summed E-state index contributed by atoms with van der Waals surface area (Å²) in [6.45, 7) is 0.533. The fourth-order valence-corrected chi connectivity index (χ4v) is 2.38. The molecular weight excluding hydrogens is 295 g/mol. The van der Waals surface area contributed by atoms with Gasteiger partial charge >= 0.3 is 6.36 Å². The first kappa shape index (κ1) is 16.4. The maximum atomic E-state index is 12.0. The summed E-state index contributed by atoms with van der Waals surface area (Å²) >= 11 is 0. The smallest absolute Gasteiger partial charge is 0.406 e. The highest BCUT2D eigenvalue weighted by Crippen LogP contribution is 2.23. The molecule has 1 aromatic carbocycles. The molecule has 0 radical (unpaired) electrons. The van der Waals surface area contributed by atoms with Crippen molar-refractivity contribution in [2.45, 2.75) is 38.5 Å². The van der Waals surface area contributed by atoms with Gasteiger partial charge in [0.05, 0.1) is 0 Å². The van der Waals surface area contributed by atoms with E-state index >= 15 is 0 Å². The van der Waals surface area contributed by atoms with Crippen LogP contribution in [0.15, 0.2) is 35.9 Å². The van der Waals surface area contributed by atoms with Crippen LogP contribution >= 0.6 is 0 Å². The molecular formula is C16H18F3NO2. The standard InChI is InChI=1S/C16H18F3NO2/c17-16(18,19)22-14-8-6-13(7-9-14)15(21)20-11-10-12-4-2-1-3-5-12/h4,6-9H,1-3,5,10-11H2,(H,20,21). The predicted molar refractivity (Wildman–Crippen MR) is 76.6 cm³/mol. The van der Waals surface area contributed by atoms with Gasteiger partial charge < -0.3 is 10.1 Å². The Morgan fingerprint density at radius 2 is 1.91 bits per heavy atom. The van der Waals surface area contributed by atoms with Crippen molar-refractivity contribution in [1.82, 2.24) is 5.32 Å². The first-order valence-corrected chi connectivity index (χ1v) is 7.26. The Morgan fingerprint density at radius 1 is 1.18 bits per heavy atom.